The highest BCUT2D eigenvalue weighted by Crippen LogP contribution is 2.06. The number of aromatic nitrogens is 1. The number of pyridine rings is 1. The third kappa shape index (κ3) is 3.15. The molecule has 0 aromatic carbocycles. The molecule has 1 heterocycles. The summed E-state index contributed by atoms with van der Waals surface area (Å²) in [6, 6.07) is 2.66. The lowest BCUT2D eigenvalue weighted by atomic mass is 10.2. The summed E-state index contributed by atoms with van der Waals surface area (Å²) in [5.41, 5.74) is 0.322. The van der Waals surface area contributed by atoms with Crippen LogP contribution in [0.1, 0.15) is 23.7 Å². The van der Waals surface area contributed by atoms with Crippen LogP contribution >= 0.6 is 0 Å². The molecule has 86 valence electrons. The summed E-state index contributed by atoms with van der Waals surface area (Å²) in [5.74, 6) is -0.830. The Labute approximate surface area is 94.6 Å². The van der Waals surface area contributed by atoms with Crippen LogP contribution in [0.4, 0.5) is 4.39 Å². The van der Waals surface area contributed by atoms with E-state index < -0.39 is 5.95 Å². The first kappa shape index (κ1) is 12.4. The fourth-order valence-electron chi connectivity index (χ4n) is 1.42. The van der Waals surface area contributed by atoms with Crippen molar-refractivity contribution in [2.75, 3.05) is 13.1 Å². The minimum atomic E-state index is -0.638. The van der Waals surface area contributed by atoms with Gasteiger partial charge in [0.15, 0.2) is 0 Å². The highest BCUT2D eigenvalue weighted by molar-refractivity contribution is 5.94. The average Bonchev–Trinajstić information content (AvgIpc) is 2.28. The van der Waals surface area contributed by atoms with E-state index in [1.165, 1.54) is 12.3 Å². The van der Waals surface area contributed by atoms with Crippen LogP contribution in [-0.2, 0) is 0 Å². The summed E-state index contributed by atoms with van der Waals surface area (Å²) in [6.45, 7) is 6.68. The van der Waals surface area contributed by atoms with Gasteiger partial charge >= 0.3 is 0 Å². The first-order chi connectivity index (χ1) is 7.69. The maximum atomic E-state index is 12.9. The summed E-state index contributed by atoms with van der Waals surface area (Å²) < 4.78 is 12.9. The Morgan fingerprint density at radius 2 is 2.44 bits per heavy atom. The molecule has 1 amide bonds. The first-order valence-electron chi connectivity index (χ1n) is 5.20. The number of rotatable bonds is 5. The molecule has 0 N–H and O–H groups in total. The van der Waals surface area contributed by atoms with Crippen molar-refractivity contribution in [1.29, 1.82) is 0 Å². The van der Waals surface area contributed by atoms with Gasteiger partial charge in [0.25, 0.3) is 5.91 Å². The quantitative estimate of drug-likeness (QED) is 0.565. The molecule has 4 heteroatoms. The fourth-order valence-corrected chi connectivity index (χ4v) is 1.42. The largest absolute Gasteiger partial charge is 0.335 e. The molecule has 1 aromatic heterocycles. The molecule has 0 unspecified atom stereocenters. The molecule has 0 saturated carbocycles. The molecule has 1 aromatic rings. The Balaban J connectivity index is 2.85. The Morgan fingerprint density at radius 1 is 1.69 bits per heavy atom. The minimum Gasteiger partial charge on any atom is -0.335 e. The van der Waals surface area contributed by atoms with Crippen LogP contribution in [0.25, 0.3) is 0 Å². The molecule has 0 aliphatic rings. The van der Waals surface area contributed by atoms with Crippen molar-refractivity contribution in [1.82, 2.24) is 9.88 Å². The third-order valence-corrected chi connectivity index (χ3v) is 2.10. The summed E-state index contributed by atoms with van der Waals surface area (Å²) in [7, 11) is 0. The van der Waals surface area contributed by atoms with Crippen molar-refractivity contribution >= 4 is 5.91 Å². The summed E-state index contributed by atoms with van der Waals surface area (Å²) in [6.07, 6.45) is 3.80. The molecule has 0 aliphatic heterocycles. The molecule has 3 nitrogen and oxygen atoms in total. The average molecular weight is 222 g/mol. The van der Waals surface area contributed by atoms with Crippen LogP contribution < -0.4 is 0 Å². The number of amides is 1. The minimum absolute atomic E-state index is 0.192. The standard InChI is InChI=1S/C12H15FN2O/c1-3-7-15(8-4-2)12(16)10-5-6-14-11(13)9-10/h3,5-6,9H,1,4,7-8H2,2H3. The smallest absolute Gasteiger partial charge is 0.254 e. The van der Waals surface area contributed by atoms with Gasteiger partial charge in [-0.15, -0.1) is 6.58 Å². The number of hydrogen-bond acceptors (Lipinski definition) is 2. The van der Waals surface area contributed by atoms with E-state index >= 15 is 0 Å². The van der Waals surface area contributed by atoms with Crippen molar-refractivity contribution < 1.29 is 9.18 Å². The lowest BCUT2D eigenvalue weighted by molar-refractivity contribution is 0.0773. The van der Waals surface area contributed by atoms with Gasteiger partial charge in [0.05, 0.1) is 0 Å². The van der Waals surface area contributed by atoms with Gasteiger partial charge in [-0.2, -0.15) is 4.39 Å². The molecular formula is C12H15FN2O. The lowest BCUT2D eigenvalue weighted by Gasteiger charge is -2.20. The molecule has 0 aliphatic carbocycles. The zero-order valence-electron chi connectivity index (χ0n) is 9.32. The Kier molecular flexibility index (Phi) is 4.64. The second-order valence-corrected chi connectivity index (χ2v) is 3.41. The summed E-state index contributed by atoms with van der Waals surface area (Å²) >= 11 is 0. The number of carbonyl (C=O) groups is 1. The summed E-state index contributed by atoms with van der Waals surface area (Å²) in [4.78, 5) is 17.0. The molecule has 0 bridgehead atoms. The normalized spacial score (nSPS) is 9.88. The Bertz CT molecular complexity index is 379. The van der Waals surface area contributed by atoms with E-state index in [-0.39, 0.29) is 5.91 Å². The van der Waals surface area contributed by atoms with Gasteiger partial charge in [-0.1, -0.05) is 13.0 Å². The number of hydrogen-bond donors (Lipinski definition) is 0. The second kappa shape index (κ2) is 6.00. The topological polar surface area (TPSA) is 33.2 Å². The van der Waals surface area contributed by atoms with Crippen molar-refractivity contribution in [2.45, 2.75) is 13.3 Å². The van der Waals surface area contributed by atoms with Gasteiger partial charge < -0.3 is 4.90 Å². The molecule has 1 rings (SSSR count). The molecule has 0 radical (unpaired) electrons. The van der Waals surface area contributed by atoms with Crippen LogP contribution in [0.15, 0.2) is 31.0 Å². The van der Waals surface area contributed by atoms with Crippen LogP contribution in [0.2, 0.25) is 0 Å². The molecular weight excluding hydrogens is 207 g/mol. The predicted molar refractivity (Wildman–Crippen MR) is 60.6 cm³/mol. The van der Waals surface area contributed by atoms with E-state index in [2.05, 4.69) is 11.6 Å². The fraction of sp³-hybridized carbons (Fsp3) is 0.333. The van der Waals surface area contributed by atoms with E-state index in [0.29, 0.717) is 18.7 Å². The first-order valence-corrected chi connectivity index (χ1v) is 5.20. The van der Waals surface area contributed by atoms with Crippen LogP contribution in [0.5, 0.6) is 0 Å². The van der Waals surface area contributed by atoms with Gasteiger partial charge in [0.2, 0.25) is 5.95 Å². The van der Waals surface area contributed by atoms with E-state index in [0.717, 1.165) is 12.5 Å². The lowest BCUT2D eigenvalue weighted by Crippen LogP contribution is -2.31. The zero-order chi connectivity index (χ0) is 12.0. The predicted octanol–water partition coefficient (Wildman–Crippen LogP) is 2.26. The number of nitrogens with zero attached hydrogens (tertiary/aromatic N) is 2. The van der Waals surface area contributed by atoms with Gasteiger partial charge in [-0.3, -0.25) is 4.79 Å². The van der Waals surface area contributed by atoms with Crippen molar-refractivity contribution in [3.8, 4) is 0 Å². The van der Waals surface area contributed by atoms with Crippen LogP contribution in [0, 0.1) is 5.95 Å². The van der Waals surface area contributed by atoms with Crippen molar-refractivity contribution in [2.24, 2.45) is 0 Å². The third-order valence-electron chi connectivity index (χ3n) is 2.10. The monoisotopic (exact) mass is 222 g/mol. The van der Waals surface area contributed by atoms with Gasteiger partial charge in [-0.25, -0.2) is 4.98 Å². The number of carbonyl (C=O) groups excluding carboxylic acids is 1. The molecule has 0 saturated heterocycles. The highest BCUT2D eigenvalue weighted by Gasteiger charge is 2.14. The Morgan fingerprint density at radius 3 is 3.00 bits per heavy atom. The molecule has 16 heavy (non-hydrogen) atoms. The molecule has 0 spiro atoms. The van der Waals surface area contributed by atoms with E-state index in [1.54, 1.807) is 11.0 Å². The van der Waals surface area contributed by atoms with E-state index in [9.17, 15) is 9.18 Å². The van der Waals surface area contributed by atoms with E-state index in [1.807, 2.05) is 6.92 Å². The highest BCUT2D eigenvalue weighted by atomic mass is 19.1. The Hall–Kier alpha value is -1.71. The SMILES string of the molecule is C=CCN(CCC)C(=O)c1ccnc(F)c1. The maximum Gasteiger partial charge on any atom is 0.254 e. The second-order valence-electron chi connectivity index (χ2n) is 3.41. The van der Waals surface area contributed by atoms with Gasteiger partial charge in [0.1, 0.15) is 0 Å². The maximum absolute atomic E-state index is 12.9. The van der Waals surface area contributed by atoms with Crippen LogP contribution in [0.3, 0.4) is 0 Å². The van der Waals surface area contributed by atoms with Crippen LogP contribution in [-0.4, -0.2) is 28.9 Å². The molecule has 0 fully saturated rings. The van der Waals surface area contributed by atoms with Gasteiger partial charge in [-0.05, 0) is 12.5 Å². The molecule has 0 atom stereocenters. The van der Waals surface area contributed by atoms with Gasteiger partial charge in [0, 0.05) is 30.9 Å². The number of halogens is 1. The van der Waals surface area contributed by atoms with Crippen molar-refractivity contribution in [3.05, 3.63) is 42.5 Å². The van der Waals surface area contributed by atoms with Crippen molar-refractivity contribution in [3.63, 3.8) is 0 Å². The summed E-state index contributed by atoms with van der Waals surface area (Å²) in [5, 5.41) is 0. The zero-order valence-corrected chi connectivity index (χ0v) is 9.32. The van der Waals surface area contributed by atoms with E-state index in [4.69, 9.17) is 0 Å².